The van der Waals surface area contributed by atoms with Crippen molar-refractivity contribution >= 4 is 34.0 Å². The number of rotatable bonds is 3. The first kappa shape index (κ1) is 22.4. The van der Waals surface area contributed by atoms with Gasteiger partial charge in [0.25, 0.3) is 11.8 Å². The van der Waals surface area contributed by atoms with E-state index in [1.165, 1.54) is 6.07 Å². The van der Waals surface area contributed by atoms with Crippen molar-refractivity contribution in [3.8, 4) is 5.69 Å². The number of amides is 2. The third kappa shape index (κ3) is 3.74. The summed E-state index contributed by atoms with van der Waals surface area (Å²) < 4.78 is 81.8. The second-order valence-electron chi connectivity index (χ2n) is 7.50. The zero-order valence-electron chi connectivity index (χ0n) is 17.1. The monoisotopic (exact) mass is 491 g/mol. The second kappa shape index (κ2) is 7.55. The Morgan fingerprint density at radius 2 is 1.77 bits per heavy atom. The largest absolute Gasteiger partial charge is 0.433 e. The molecule has 3 aromatic heterocycles. The molecule has 0 saturated carbocycles. The number of pyridine rings is 2. The summed E-state index contributed by atoms with van der Waals surface area (Å²) in [6.07, 6.45) is -6.96. The van der Waals surface area contributed by atoms with E-state index in [1.807, 2.05) is 0 Å². The van der Waals surface area contributed by atoms with E-state index >= 15 is 0 Å². The van der Waals surface area contributed by atoms with E-state index in [4.69, 9.17) is 0 Å². The van der Waals surface area contributed by atoms with Gasteiger partial charge in [-0.25, -0.2) is 4.98 Å². The molecular formula is C22H11F6N5O2. The predicted octanol–water partition coefficient (Wildman–Crippen LogP) is 5.28. The highest BCUT2D eigenvalue weighted by atomic mass is 19.4. The number of benzene rings is 1. The minimum atomic E-state index is -5.03. The molecule has 7 nitrogen and oxygen atoms in total. The van der Waals surface area contributed by atoms with Gasteiger partial charge in [-0.15, -0.1) is 0 Å². The normalized spacial score (nSPS) is 13.3. The lowest BCUT2D eigenvalue weighted by molar-refractivity contribution is -0.142. The van der Waals surface area contributed by atoms with E-state index in [0.717, 1.165) is 30.7 Å². The highest BCUT2D eigenvalue weighted by molar-refractivity contribution is 6.23. The molecule has 13 heteroatoms. The van der Waals surface area contributed by atoms with Gasteiger partial charge in [-0.05, 0) is 24.3 Å². The van der Waals surface area contributed by atoms with Gasteiger partial charge in [-0.3, -0.25) is 14.6 Å². The molecule has 0 spiro atoms. The van der Waals surface area contributed by atoms with Crippen LogP contribution in [-0.4, -0.2) is 26.3 Å². The van der Waals surface area contributed by atoms with Crippen LogP contribution in [0.25, 0.3) is 16.5 Å². The summed E-state index contributed by atoms with van der Waals surface area (Å²) in [7, 11) is 0. The number of nitrogens with one attached hydrogen (secondary N) is 2. The van der Waals surface area contributed by atoms with E-state index < -0.39 is 41.1 Å². The lowest BCUT2D eigenvalue weighted by Crippen LogP contribution is -2.21. The van der Waals surface area contributed by atoms with Crippen molar-refractivity contribution < 1.29 is 35.9 Å². The van der Waals surface area contributed by atoms with Crippen molar-refractivity contribution in [3.63, 3.8) is 0 Å². The van der Waals surface area contributed by atoms with Crippen LogP contribution in [0.2, 0.25) is 0 Å². The maximum atomic E-state index is 14.1. The number of carbonyl (C=O) groups excluding carboxylic acids is 2. The quantitative estimate of drug-likeness (QED) is 0.382. The minimum Gasteiger partial charge on any atom is -0.322 e. The van der Waals surface area contributed by atoms with Gasteiger partial charge in [0.05, 0.1) is 23.1 Å². The first-order valence-corrected chi connectivity index (χ1v) is 9.82. The second-order valence-corrected chi connectivity index (χ2v) is 7.50. The van der Waals surface area contributed by atoms with Gasteiger partial charge in [0.1, 0.15) is 17.1 Å². The van der Waals surface area contributed by atoms with Gasteiger partial charge >= 0.3 is 12.4 Å². The van der Waals surface area contributed by atoms with Crippen molar-refractivity contribution in [1.29, 1.82) is 0 Å². The predicted molar refractivity (Wildman–Crippen MR) is 111 cm³/mol. The maximum absolute atomic E-state index is 14.1. The highest BCUT2D eigenvalue weighted by Crippen LogP contribution is 2.39. The standard InChI is InChI=1S/C22H11F6N5O2/c23-21(24,25)15-8-10(4-6-29-15)31-19(34)12-5-7-33(18(12)22(26,27)28)14-9-30-17-16-11(14)2-1-3-13(16)32-20(17)35/h1-9H,(H,32,35)(H,29,31,34). The average Bonchev–Trinajstić information content (AvgIpc) is 3.37. The van der Waals surface area contributed by atoms with Crippen LogP contribution < -0.4 is 10.6 Å². The third-order valence-electron chi connectivity index (χ3n) is 5.32. The van der Waals surface area contributed by atoms with Crippen LogP contribution in [0.1, 0.15) is 32.2 Å². The summed E-state index contributed by atoms with van der Waals surface area (Å²) in [6.45, 7) is 0. The van der Waals surface area contributed by atoms with Crippen LogP contribution in [0.3, 0.4) is 0 Å². The van der Waals surface area contributed by atoms with Crippen LogP contribution in [0.4, 0.5) is 37.7 Å². The molecule has 4 aromatic rings. The topological polar surface area (TPSA) is 88.9 Å². The summed E-state index contributed by atoms with van der Waals surface area (Å²) in [5, 5.41) is 5.25. The number of anilines is 2. The molecule has 0 aliphatic carbocycles. The molecule has 35 heavy (non-hydrogen) atoms. The minimum absolute atomic E-state index is 0.0447. The fourth-order valence-electron chi connectivity index (χ4n) is 3.90. The van der Waals surface area contributed by atoms with Gasteiger partial charge in [0.2, 0.25) is 0 Å². The zero-order valence-corrected chi connectivity index (χ0v) is 17.1. The van der Waals surface area contributed by atoms with Gasteiger partial charge in [-0.2, -0.15) is 26.3 Å². The van der Waals surface area contributed by atoms with Crippen molar-refractivity contribution in [1.82, 2.24) is 14.5 Å². The Balaban J connectivity index is 1.61. The smallest absolute Gasteiger partial charge is 0.322 e. The molecule has 1 aliphatic rings. The molecule has 0 unspecified atom stereocenters. The Bertz CT molecular complexity index is 1520. The average molecular weight is 491 g/mol. The molecule has 0 saturated heterocycles. The van der Waals surface area contributed by atoms with Gasteiger partial charge in [0.15, 0.2) is 0 Å². The molecule has 0 atom stereocenters. The fraction of sp³-hybridized carbons (Fsp3) is 0.0909. The third-order valence-corrected chi connectivity index (χ3v) is 5.32. The van der Waals surface area contributed by atoms with Crippen LogP contribution in [0.5, 0.6) is 0 Å². The summed E-state index contributed by atoms with van der Waals surface area (Å²) in [5.41, 5.74) is -3.48. The fourth-order valence-corrected chi connectivity index (χ4v) is 3.90. The Kier molecular flexibility index (Phi) is 4.83. The lowest BCUT2D eigenvalue weighted by atomic mass is 10.1. The molecule has 178 valence electrons. The number of nitrogens with zero attached hydrogens (tertiary/aromatic N) is 3. The highest BCUT2D eigenvalue weighted by Gasteiger charge is 2.40. The van der Waals surface area contributed by atoms with Crippen LogP contribution in [0, 0.1) is 0 Å². The Morgan fingerprint density at radius 1 is 1.00 bits per heavy atom. The number of alkyl halides is 6. The Labute approximate surface area is 191 Å². The molecule has 2 N–H and O–H groups in total. The zero-order chi connectivity index (χ0) is 25.1. The lowest BCUT2D eigenvalue weighted by Gasteiger charge is -2.16. The van der Waals surface area contributed by atoms with Gasteiger partial charge in [-0.1, -0.05) is 12.1 Å². The summed E-state index contributed by atoms with van der Waals surface area (Å²) >= 11 is 0. The number of carbonyl (C=O) groups is 2. The van der Waals surface area contributed by atoms with Crippen LogP contribution in [0.15, 0.2) is 55.0 Å². The van der Waals surface area contributed by atoms with Crippen LogP contribution in [-0.2, 0) is 12.4 Å². The van der Waals surface area contributed by atoms with E-state index in [-0.39, 0.29) is 22.5 Å². The summed E-state index contributed by atoms with van der Waals surface area (Å²) in [5.74, 6) is -1.77. The molecule has 2 amide bonds. The molecule has 4 heterocycles. The number of hydrogen-bond acceptors (Lipinski definition) is 4. The molecule has 5 rings (SSSR count). The number of halogens is 6. The van der Waals surface area contributed by atoms with E-state index in [2.05, 4.69) is 20.6 Å². The molecule has 1 aliphatic heterocycles. The van der Waals surface area contributed by atoms with Crippen molar-refractivity contribution in [2.45, 2.75) is 12.4 Å². The SMILES string of the molecule is O=C(Nc1ccnc(C(F)(F)F)c1)c1ccn(-c2cnc3c4c(cccc24)NC3=O)c1C(F)(F)F. The number of aromatic nitrogens is 3. The van der Waals surface area contributed by atoms with E-state index in [9.17, 15) is 35.9 Å². The molecular weight excluding hydrogens is 480 g/mol. The van der Waals surface area contributed by atoms with Gasteiger partial charge < -0.3 is 15.2 Å². The summed E-state index contributed by atoms with van der Waals surface area (Å²) in [6, 6.07) is 7.06. The Hall–Kier alpha value is -4.42. The van der Waals surface area contributed by atoms with Crippen molar-refractivity contribution in [2.24, 2.45) is 0 Å². The van der Waals surface area contributed by atoms with Crippen molar-refractivity contribution in [2.75, 3.05) is 10.6 Å². The first-order valence-electron chi connectivity index (χ1n) is 9.82. The summed E-state index contributed by atoms with van der Waals surface area (Å²) in [4.78, 5) is 31.9. The number of hydrogen-bond donors (Lipinski definition) is 2. The molecule has 0 bridgehead atoms. The van der Waals surface area contributed by atoms with Gasteiger partial charge in [0, 0.05) is 28.9 Å². The molecule has 1 aromatic carbocycles. The molecule has 0 radical (unpaired) electrons. The van der Waals surface area contributed by atoms with E-state index in [1.54, 1.807) is 12.1 Å². The molecule has 0 fully saturated rings. The van der Waals surface area contributed by atoms with E-state index in [0.29, 0.717) is 21.7 Å². The van der Waals surface area contributed by atoms with Crippen molar-refractivity contribution in [3.05, 3.63) is 77.6 Å². The van der Waals surface area contributed by atoms with Crippen LogP contribution >= 0.6 is 0 Å². The Morgan fingerprint density at radius 3 is 2.49 bits per heavy atom. The maximum Gasteiger partial charge on any atom is 0.433 e. The first-order chi connectivity index (χ1) is 16.4.